The molecular formula is C8H15ClN4. The molecule has 0 unspecified atom stereocenters. The highest BCUT2D eigenvalue weighted by Crippen LogP contribution is 1.96. The molecule has 0 aliphatic carbocycles. The number of halogens is 1. The van der Waals surface area contributed by atoms with E-state index in [4.69, 9.17) is 11.6 Å². The minimum absolute atomic E-state index is 0.604. The van der Waals surface area contributed by atoms with Gasteiger partial charge in [-0.25, -0.2) is 0 Å². The number of rotatable bonds is 5. The lowest BCUT2D eigenvalue weighted by Gasteiger charge is -2.07. The Bertz CT molecular complexity index is 246. The van der Waals surface area contributed by atoms with Crippen molar-refractivity contribution >= 4 is 11.6 Å². The summed E-state index contributed by atoms with van der Waals surface area (Å²) in [7, 11) is 4.08. The lowest BCUT2D eigenvalue weighted by atomic mass is 10.4. The largest absolute Gasteiger partial charge is 0.308 e. The molecule has 1 heterocycles. The van der Waals surface area contributed by atoms with Gasteiger partial charge in [-0.15, -0.1) is 16.7 Å². The average Bonchev–Trinajstić information content (AvgIpc) is 2.50. The Kier molecular flexibility index (Phi) is 4.18. The maximum Gasteiger partial charge on any atom is 0.0839 e. The summed E-state index contributed by atoms with van der Waals surface area (Å²) in [5.41, 5.74) is 0.966. The lowest BCUT2D eigenvalue weighted by molar-refractivity contribution is 0.370. The minimum Gasteiger partial charge on any atom is -0.308 e. The Balaban J connectivity index is 2.39. The second-order valence-electron chi connectivity index (χ2n) is 3.22. The van der Waals surface area contributed by atoms with Crippen molar-refractivity contribution in [1.29, 1.82) is 0 Å². The van der Waals surface area contributed by atoms with Crippen LogP contribution in [-0.4, -0.2) is 46.4 Å². The van der Waals surface area contributed by atoms with Gasteiger partial charge in [-0.3, -0.25) is 4.68 Å². The predicted octanol–water partition coefficient (Wildman–Crippen LogP) is 0.621. The number of hydrogen-bond donors (Lipinski definition) is 0. The molecule has 0 radical (unpaired) electrons. The summed E-state index contributed by atoms with van der Waals surface area (Å²) in [5.74, 6) is 0.604. The highest BCUT2D eigenvalue weighted by Gasteiger charge is 1.99. The smallest absolute Gasteiger partial charge is 0.0839 e. The first-order valence-electron chi connectivity index (χ1n) is 4.32. The lowest BCUT2D eigenvalue weighted by Crippen LogP contribution is -2.18. The van der Waals surface area contributed by atoms with Crippen molar-refractivity contribution in [2.24, 2.45) is 0 Å². The number of likely N-dealkylation sites (N-methyl/N-ethyl adjacent to an activating group) is 1. The highest BCUT2D eigenvalue weighted by atomic mass is 35.5. The number of alkyl halides is 1. The van der Waals surface area contributed by atoms with E-state index in [2.05, 4.69) is 15.2 Å². The summed E-state index contributed by atoms with van der Waals surface area (Å²) in [6.07, 6.45) is 2.75. The van der Waals surface area contributed by atoms with E-state index in [-0.39, 0.29) is 0 Å². The summed E-state index contributed by atoms with van der Waals surface area (Å²) in [6, 6.07) is 0. The van der Waals surface area contributed by atoms with Gasteiger partial charge in [0.1, 0.15) is 0 Å². The fourth-order valence-electron chi connectivity index (χ4n) is 0.962. The van der Waals surface area contributed by atoms with Crippen molar-refractivity contribution in [2.75, 3.05) is 26.5 Å². The number of aryl methyl sites for hydroxylation is 1. The standard InChI is InChI=1S/C8H15ClN4/c1-12(2)5-6-13-7-8(3-4-9)10-11-13/h7H,3-6H2,1-2H3. The van der Waals surface area contributed by atoms with Crippen LogP contribution >= 0.6 is 11.6 Å². The quantitative estimate of drug-likeness (QED) is 0.657. The van der Waals surface area contributed by atoms with Gasteiger partial charge in [0.15, 0.2) is 0 Å². The van der Waals surface area contributed by atoms with E-state index >= 15 is 0 Å². The minimum atomic E-state index is 0.604. The molecule has 0 N–H and O–H groups in total. The van der Waals surface area contributed by atoms with E-state index in [9.17, 15) is 0 Å². The molecule has 0 saturated carbocycles. The molecule has 0 spiro atoms. The SMILES string of the molecule is CN(C)CCn1cc(CCCl)nn1. The molecule has 0 fully saturated rings. The molecule has 13 heavy (non-hydrogen) atoms. The Morgan fingerprint density at radius 1 is 1.54 bits per heavy atom. The molecule has 0 bridgehead atoms. The molecule has 0 atom stereocenters. The van der Waals surface area contributed by atoms with Crippen LogP contribution in [0.4, 0.5) is 0 Å². The summed E-state index contributed by atoms with van der Waals surface area (Å²) >= 11 is 5.59. The first kappa shape index (κ1) is 10.5. The van der Waals surface area contributed by atoms with E-state index in [1.54, 1.807) is 0 Å². The summed E-state index contributed by atoms with van der Waals surface area (Å²) < 4.78 is 1.85. The van der Waals surface area contributed by atoms with E-state index in [1.165, 1.54) is 0 Å². The first-order chi connectivity index (χ1) is 6.22. The monoisotopic (exact) mass is 202 g/mol. The zero-order valence-electron chi connectivity index (χ0n) is 8.07. The van der Waals surface area contributed by atoms with Crippen LogP contribution in [-0.2, 0) is 13.0 Å². The fourth-order valence-corrected chi connectivity index (χ4v) is 1.16. The number of nitrogens with zero attached hydrogens (tertiary/aromatic N) is 4. The van der Waals surface area contributed by atoms with Crippen molar-refractivity contribution in [1.82, 2.24) is 19.9 Å². The second-order valence-corrected chi connectivity index (χ2v) is 3.59. The van der Waals surface area contributed by atoms with E-state index < -0.39 is 0 Å². The van der Waals surface area contributed by atoms with Crippen molar-refractivity contribution in [3.05, 3.63) is 11.9 Å². The van der Waals surface area contributed by atoms with Gasteiger partial charge in [-0.05, 0) is 14.1 Å². The Morgan fingerprint density at radius 3 is 2.92 bits per heavy atom. The third-order valence-electron chi connectivity index (χ3n) is 1.71. The van der Waals surface area contributed by atoms with Gasteiger partial charge in [-0.1, -0.05) is 5.21 Å². The summed E-state index contributed by atoms with van der Waals surface area (Å²) in [5, 5.41) is 7.98. The molecule has 74 valence electrons. The van der Waals surface area contributed by atoms with Crippen LogP contribution in [0.15, 0.2) is 6.20 Å². The Hall–Kier alpha value is -0.610. The molecule has 5 heteroatoms. The fraction of sp³-hybridized carbons (Fsp3) is 0.750. The van der Waals surface area contributed by atoms with Gasteiger partial charge in [0, 0.05) is 25.0 Å². The topological polar surface area (TPSA) is 34.0 Å². The molecular weight excluding hydrogens is 188 g/mol. The third kappa shape index (κ3) is 3.74. The third-order valence-corrected chi connectivity index (χ3v) is 1.90. The van der Waals surface area contributed by atoms with E-state index in [1.807, 2.05) is 25.0 Å². The Morgan fingerprint density at radius 2 is 2.31 bits per heavy atom. The highest BCUT2D eigenvalue weighted by molar-refractivity contribution is 6.17. The van der Waals surface area contributed by atoms with Crippen molar-refractivity contribution in [3.8, 4) is 0 Å². The van der Waals surface area contributed by atoms with Gasteiger partial charge in [0.25, 0.3) is 0 Å². The maximum absolute atomic E-state index is 5.59. The molecule has 0 saturated heterocycles. The van der Waals surface area contributed by atoms with Gasteiger partial charge in [-0.2, -0.15) is 0 Å². The van der Waals surface area contributed by atoms with Gasteiger partial charge < -0.3 is 4.90 Å². The molecule has 1 rings (SSSR count). The van der Waals surface area contributed by atoms with Crippen LogP contribution in [0, 0.1) is 0 Å². The van der Waals surface area contributed by atoms with Crippen LogP contribution in [0.5, 0.6) is 0 Å². The maximum atomic E-state index is 5.59. The molecule has 0 amide bonds. The summed E-state index contributed by atoms with van der Waals surface area (Å²) in [6.45, 7) is 1.85. The molecule has 1 aromatic heterocycles. The number of hydrogen-bond acceptors (Lipinski definition) is 3. The van der Waals surface area contributed by atoms with E-state index in [0.717, 1.165) is 25.2 Å². The predicted molar refractivity (Wildman–Crippen MR) is 53.0 cm³/mol. The van der Waals surface area contributed by atoms with E-state index in [0.29, 0.717) is 5.88 Å². The second kappa shape index (κ2) is 5.19. The molecule has 0 aromatic carbocycles. The van der Waals surface area contributed by atoms with Crippen molar-refractivity contribution in [2.45, 2.75) is 13.0 Å². The van der Waals surface area contributed by atoms with Crippen molar-refractivity contribution in [3.63, 3.8) is 0 Å². The number of aromatic nitrogens is 3. The van der Waals surface area contributed by atoms with Gasteiger partial charge in [0.2, 0.25) is 0 Å². The summed E-state index contributed by atoms with van der Waals surface area (Å²) in [4.78, 5) is 2.11. The zero-order chi connectivity index (χ0) is 9.68. The normalized spacial score (nSPS) is 11.1. The van der Waals surface area contributed by atoms with Crippen LogP contribution < -0.4 is 0 Å². The molecule has 4 nitrogen and oxygen atoms in total. The van der Waals surface area contributed by atoms with Crippen LogP contribution in [0.3, 0.4) is 0 Å². The first-order valence-corrected chi connectivity index (χ1v) is 4.85. The van der Waals surface area contributed by atoms with Gasteiger partial charge in [0.05, 0.1) is 12.2 Å². The van der Waals surface area contributed by atoms with Crippen LogP contribution in [0.25, 0.3) is 0 Å². The van der Waals surface area contributed by atoms with Gasteiger partial charge >= 0.3 is 0 Å². The zero-order valence-corrected chi connectivity index (χ0v) is 8.83. The molecule has 0 aliphatic heterocycles. The van der Waals surface area contributed by atoms with Crippen molar-refractivity contribution < 1.29 is 0 Å². The Labute approximate surface area is 83.5 Å². The van der Waals surface area contributed by atoms with Crippen LogP contribution in [0.1, 0.15) is 5.69 Å². The molecule has 1 aromatic rings. The van der Waals surface area contributed by atoms with Crippen LogP contribution in [0.2, 0.25) is 0 Å². The average molecular weight is 203 g/mol. The molecule has 0 aliphatic rings.